The Kier molecular flexibility index (Phi) is 38.1. The molecule has 58 heavy (non-hydrogen) atoms. The number of phosphoric acid groups is 2. The normalized spacial score (nSPS) is 14.4. The smallest absolute Gasteiger partial charge is 0.323 e. The van der Waals surface area contributed by atoms with E-state index in [4.69, 9.17) is 18.1 Å². The molecule has 0 spiro atoms. The minimum absolute atomic E-state index is 0.193. The molecule has 0 saturated carbocycles. The highest BCUT2D eigenvalue weighted by atomic mass is 31.2. The highest BCUT2D eigenvalue weighted by Gasteiger charge is 2.24. The molecule has 0 aromatic rings. The molecule has 0 saturated heterocycles. The van der Waals surface area contributed by atoms with Crippen molar-refractivity contribution in [1.29, 1.82) is 0 Å². The van der Waals surface area contributed by atoms with Crippen molar-refractivity contribution in [3.63, 3.8) is 0 Å². The summed E-state index contributed by atoms with van der Waals surface area (Å²) in [5.74, 6) is 0. The quantitative estimate of drug-likeness (QED) is 0.0269. The molecule has 2 atom stereocenters. The van der Waals surface area contributed by atoms with Crippen LogP contribution in [0.3, 0.4) is 0 Å². The van der Waals surface area contributed by atoms with Gasteiger partial charge in [0.1, 0.15) is 26.3 Å². The monoisotopic (exact) mass is 867 g/mol. The first-order valence-electron chi connectivity index (χ1n) is 23.8. The Balaban J connectivity index is 3.29. The van der Waals surface area contributed by atoms with Gasteiger partial charge in [-0.1, -0.05) is 193 Å². The van der Waals surface area contributed by atoms with Crippen LogP contribution in [0.4, 0.5) is 0 Å². The summed E-state index contributed by atoms with van der Waals surface area (Å²) in [6.07, 6.45) is 42.5. The summed E-state index contributed by atoms with van der Waals surface area (Å²) in [5, 5.41) is 0. The molecule has 0 aliphatic heterocycles. The molecule has 0 aliphatic rings. The molecule has 0 aromatic carbocycles. The van der Waals surface area contributed by atoms with Gasteiger partial charge in [0, 0.05) is 0 Å². The average Bonchev–Trinajstić information content (AvgIpc) is 3.14. The Morgan fingerprint density at radius 2 is 0.534 bits per heavy atom. The molecule has 0 fully saturated rings. The molecule has 12 heteroatoms. The third kappa shape index (κ3) is 42.3. The van der Waals surface area contributed by atoms with Crippen LogP contribution in [0.25, 0.3) is 0 Å². The predicted octanol–water partition coefficient (Wildman–Crippen LogP) is 13.5. The van der Waals surface area contributed by atoms with Crippen LogP contribution in [0, 0.1) is 0 Å². The number of unbranched alkanes of at least 4 members (excludes halogenated alkanes) is 29. The number of likely N-dealkylation sites (N-methyl/N-ethyl adjacent to an activating group) is 2. The van der Waals surface area contributed by atoms with Crippen LogP contribution in [0.1, 0.15) is 193 Å². The van der Waals surface area contributed by atoms with Gasteiger partial charge in [-0.25, -0.2) is 9.13 Å². The van der Waals surface area contributed by atoms with Crippen molar-refractivity contribution in [1.82, 2.24) is 0 Å². The van der Waals surface area contributed by atoms with Gasteiger partial charge in [0.2, 0.25) is 0 Å². The van der Waals surface area contributed by atoms with Crippen LogP contribution < -0.4 is 0 Å². The lowest BCUT2D eigenvalue weighted by Crippen LogP contribution is -2.42. The molecule has 0 rings (SSSR count). The third-order valence-corrected chi connectivity index (χ3v) is 13.2. The summed E-state index contributed by atoms with van der Waals surface area (Å²) in [7, 11) is 0.232. The summed E-state index contributed by atoms with van der Waals surface area (Å²) in [5.41, 5.74) is 0. The van der Waals surface area contributed by atoms with E-state index >= 15 is 0 Å². The van der Waals surface area contributed by atoms with Crippen LogP contribution in [0.15, 0.2) is 25.3 Å². The first kappa shape index (κ1) is 57.6. The number of hydrogen-bond acceptors (Lipinski definition) is 6. The molecule has 0 amide bonds. The molecule has 10 nitrogen and oxygen atoms in total. The van der Waals surface area contributed by atoms with E-state index in [1.807, 2.05) is 40.3 Å². The minimum Gasteiger partial charge on any atom is -0.323 e. The van der Waals surface area contributed by atoms with E-state index in [1.165, 1.54) is 154 Å². The van der Waals surface area contributed by atoms with Gasteiger partial charge in [0.15, 0.2) is 0 Å². The van der Waals surface area contributed by atoms with Crippen LogP contribution >= 0.6 is 15.6 Å². The van der Waals surface area contributed by atoms with E-state index < -0.39 is 15.6 Å². The second-order valence-corrected chi connectivity index (χ2v) is 21.0. The maximum Gasteiger partial charge on any atom is 0.472 e. The number of nitrogens with zero attached hydrogens (tertiary/aromatic N) is 2. The number of phosphoric ester groups is 2. The van der Waals surface area contributed by atoms with Crippen molar-refractivity contribution < 1.29 is 46.0 Å². The maximum absolute atomic E-state index is 12.0. The molecule has 0 aromatic heterocycles. The summed E-state index contributed by atoms with van der Waals surface area (Å²) in [4.78, 5) is 19.7. The van der Waals surface area contributed by atoms with Gasteiger partial charge in [-0.3, -0.25) is 18.1 Å². The molecule has 346 valence electrons. The fourth-order valence-electron chi connectivity index (χ4n) is 7.28. The molecule has 0 radical (unpaired) electrons. The van der Waals surface area contributed by atoms with Gasteiger partial charge in [-0.15, -0.1) is 0 Å². The lowest BCUT2D eigenvalue weighted by Gasteiger charge is -2.28. The summed E-state index contributed by atoms with van der Waals surface area (Å²) < 4.78 is 45.9. The van der Waals surface area contributed by atoms with E-state index in [0.717, 1.165) is 51.6 Å². The van der Waals surface area contributed by atoms with E-state index in [0.29, 0.717) is 22.1 Å². The van der Waals surface area contributed by atoms with Crippen molar-refractivity contribution in [3.8, 4) is 0 Å². The van der Waals surface area contributed by atoms with Crippen LogP contribution in [0.5, 0.6) is 0 Å². The topological polar surface area (TPSA) is 112 Å². The number of hydrogen-bond donors (Lipinski definition) is 2. The Morgan fingerprint density at radius 1 is 0.362 bits per heavy atom. The Morgan fingerprint density at radius 3 is 0.724 bits per heavy atom. The summed E-state index contributed by atoms with van der Waals surface area (Å²) >= 11 is 0. The summed E-state index contributed by atoms with van der Waals surface area (Å²) in [6, 6.07) is 0. The minimum atomic E-state index is -3.95. The van der Waals surface area contributed by atoms with E-state index in [1.54, 1.807) is 0 Å². The molecular weight excluding hydrogens is 770 g/mol. The van der Waals surface area contributed by atoms with Gasteiger partial charge in [0.05, 0.1) is 54.5 Å². The fourth-order valence-corrected chi connectivity index (χ4v) is 8.77. The van der Waals surface area contributed by atoms with E-state index in [-0.39, 0.29) is 26.4 Å². The molecule has 0 heterocycles. The van der Waals surface area contributed by atoms with Gasteiger partial charge in [-0.05, 0) is 25.0 Å². The zero-order valence-electron chi connectivity index (χ0n) is 38.6. The second kappa shape index (κ2) is 38.3. The van der Waals surface area contributed by atoms with Crippen LogP contribution in [0.2, 0.25) is 0 Å². The van der Waals surface area contributed by atoms with Gasteiger partial charge >= 0.3 is 15.6 Å². The lowest BCUT2D eigenvalue weighted by atomic mass is 10.0. The standard InChI is InChI=1S/C46H94N2O8P2/c1-7-39-47(3,4)41-45-55-57(49,50)53-43-37-35-33-31-29-27-25-23-21-19-17-15-13-11-9-10-12-14-16-18-20-22-24-26-28-30-32-34-36-38-44-54-58(51,52)56-46-42-48(5,6)40-8-2/h7-8H,1-2,9-46H2,3-6H3/p+2. The third-order valence-electron chi connectivity index (χ3n) is 11.2. The van der Waals surface area contributed by atoms with E-state index in [9.17, 15) is 18.9 Å². The first-order chi connectivity index (χ1) is 27.7. The molecule has 2 unspecified atom stereocenters. The first-order valence-corrected chi connectivity index (χ1v) is 26.8. The molecule has 0 bridgehead atoms. The SMILES string of the molecule is C=CC[N+](C)(C)CCOP(=O)(O)OCCCCCCCCCCCCCCCCCCCCCCCCCCCCCCCCOP(=O)(O)OCC[N+](C)(C)CC=C. The molecule has 2 N–H and O–H groups in total. The Bertz CT molecular complexity index is 965. The maximum atomic E-state index is 12.0. The highest BCUT2D eigenvalue weighted by Crippen LogP contribution is 2.44. The fraction of sp³-hybridized carbons (Fsp3) is 0.913. The Labute approximate surface area is 359 Å². The van der Waals surface area contributed by atoms with Crippen molar-refractivity contribution >= 4 is 15.6 Å². The zero-order chi connectivity index (χ0) is 43.1. The highest BCUT2D eigenvalue weighted by molar-refractivity contribution is 7.47. The molecular formula is C46H96N2O8P2+2. The average molecular weight is 867 g/mol. The largest absolute Gasteiger partial charge is 0.472 e. The van der Waals surface area contributed by atoms with Crippen molar-refractivity contribution in [2.75, 3.05) is 80.8 Å². The van der Waals surface area contributed by atoms with Gasteiger partial charge < -0.3 is 18.8 Å². The van der Waals surface area contributed by atoms with Crippen molar-refractivity contribution in [2.45, 2.75) is 193 Å². The predicted molar refractivity (Wildman–Crippen MR) is 246 cm³/mol. The Hall–Kier alpha value is -0.380. The second-order valence-electron chi connectivity index (χ2n) is 18.1. The van der Waals surface area contributed by atoms with Crippen LogP contribution in [-0.2, 0) is 27.2 Å². The molecule has 0 aliphatic carbocycles. The zero-order valence-corrected chi connectivity index (χ0v) is 40.4. The lowest BCUT2D eigenvalue weighted by molar-refractivity contribution is -0.884. The number of quaternary nitrogens is 2. The van der Waals surface area contributed by atoms with Gasteiger partial charge in [-0.2, -0.15) is 0 Å². The van der Waals surface area contributed by atoms with Gasteiger partial charge in [0.25, 0.3) is 0 Å². The van der Waals surface area contributed by atoms with E-state index in [2.05, 4.69) is 13.2 Å². The number of rotatable bonds is 47. The summed E-state index contributed by atoms with van der Waals surface area (Å²) in [6.45, 7) is 11.3. The van der Waals surface area contributed by atoms with Crippen molar-refractivity contribution in [2.24, 2.45) is 0 Å². The van der Waals surface area contributed by atoms with Crippen LogP contribution in [-0.4, -0.2) is 99.6 Å². The van der Waals surface area contributed by atoms with Crippen molar-refractivity contribution in [3.05, 3.63) is 25.3 Å².